The summed E-state index contributed by atoms with van der Waals surface area (Å²) in [5, 5.41) is 5.81. The molecular formula is C14H14F3N2S. The Morgan fingerprint density at radius 3 is 2.45 bits per heavy atom. The molecule has 0 saturated heterocycles. The van der Waals surface area contributed by atoms with E-state index in [4.69, 9.17) is 0 Å². The molecule has 6 heteroatoms. The third-order valence-corrected chi connectivity index (χ3v) is 3.64. The summed E-state index contributed by atoms with van der Waals surface area (Å²) in [4.78, 5) is 1.11. The molecule has 0 amide bonds. The summed E-state index contributed by atoms with van der Waals surface area (Å²) in [7, 11) is 0. The Kier molecular flexibility index (Phi) is 4.42. The minimum absolute atomic E-state index is 0.0433. The summed E-state index contributed by atoms with van der Waals surface area (Å²) < 4.78 is 38.1. The van der Waals surface area contributed by atoms with E-state index in [9.17, 15) is 13.2 Å². The van der Waals surface area contributed by atoms with Crippen LogP contribution in [0.5, 0.6) is 0 Å². The Morgan fingerprint density at radius 2 is 1.90 bits per heavy atom. The van der Waals surface area contributed by atoms with Crippen LogP contribution in [0.4, 0.5) is 13.2 Å². The first kappa shape index (κ1) is 15.0. The topological polar surface area (TPSA) is 28.7 Å². The van der Waals surface area contributed by atoms with E-state index in [0.717, 1.165) is 10.5 Å². The lowest BCUT2D eigenvalue weighted by molar-refractivity contribution is -0.141. The van der Waals surface area contributed by atoms with Crippen LogP contribution in [0, 0.1) is 6.20 Å². The van der Waals surface area contributed by atoms with Crippen LogP contribution in [-0.4, -0.2) is 15.4 Å². The molecule has 1 aromatic heterocycles. The Labute approximate surface area is 119 Å². The molecule has 2 rings (SSSR count). The van der Waals surface area contributed by atoms with E-state index in [1.807, 2.05) is 29.4 Å². The predicted octanol–water partition coefficient (Wildman–Crippen LogP) is 4.32. The van der Waals surface area contributed by atoms with Gasteiger partial charge >= 0.3 is 6.18 Å². The number of hydrogen-bond donors (Lipinski definition) is 1. The number of aromatic amines is 1. The SMILES string of the molecule is CC(C)Sc1ccc(Cc2[c]n[nH]c2C(F)(F)F)cc1. The average molecular weight is 299 g/mol. The second-order valence-corrected chi connectivity index (χ2v) is 6.32. The lowest BCUT2D eigenvalue weighted by Crippen LogP contribution is -2.09. The largest absolute Gasteiger partial charge is 0.433 e. The summed E-state index contributed by atoms with van der Waals surface area (Å²) in [6, 6.07) is 7.53. The predicted molar refractivity (Wildman–Crippen MR) is 72.7 cm³/mol. The number of halogens is 3. The van der Waals surface area contributed by atoms with Crippen molar-refractivity contribution in [2.75, 3.05) is 0 Å². The van der Waals surface area contributed by atoms with E-state index >= 15 is 0 Å². The first-order valence-corrected chi connectivity index (χ1v) is 7.02. The number of alkyl halides is 3. The van der Waals surface area contributed by atoms with Crippen molar-refractivity contribution in [1.29, 1.82) is 0 Å². The standard InChI is InChI=1S/C14H14F3N2S/c1-9(2)20-12-5-3-10(4-6-12)7-11-8-18-19-13(11)14(15,16)17/h3-6,9H,7H2,1-2H3,(H,18,19). The summed E-state index contributed by atoms with van der Waals surface area (Å²) in [5.41, 5.74) is 0.0288. The van der Waals surface area contributed by atoms with Gasteiger partial charge in [-0.2, -0.15) is 18.3 Å². The molecule has 1 N–H and O–H groups in total. The van der Waals surface area contributed by atoms with Gasteiger partial charge in [0.2, 0.25) is 0 Å². The second-order valence-electron chi connectivity index (χ2n) is 4.67. The average Bonchev–Trinajstić information content (AvgIpc) is 2.79. The third-order valence-electron chi connectivity index (χ3n) is 2.62. The van der Waals surface area contributed by atoms with Gasteiger partial charge in [0, 0.05) is 22.1 Å². The quantitative estimate of drug-likeness (QED) is 0.852. The number of nitrogens with zero attached hydrogens (tertiary/aromatic N) is 1. The van der Waals surface area contributed by atoms with Crippen molar-refractivity contribution in [3.05, 3.63) is 47.3 Å². The smallest absolute Gasteiger partial charge is 0.273 e. The molecule has 1 radical (unpaired) electrons. The highest BCUT2D eigenvalue weighted by molar-refractivity contribution is 7.99. The zero-order valence-electron chi connectivity index (χ0n) is 11.1. The van der Waals surface area contributed by atoms with Crippen LogP contribution < -0.4 is 0 Å². The van der Waals surface area contributed by atoms with Gasteiger partial charge in [0.25, 0.3) is 0 Å². The van der Waals surface area contributed by atoms with Crippen LogP contribution in [0.25, 0.3) is 0 Å². The summed E-state index contributed by atoms with van der Waals surface area (Å²) in [6.45, 7) is 4.18. The summed E-state index contributed by atoms with van der Waals surface area (Å²) in [6.07, 6.45) is -1.88. The van der Waals surface area contributed by atoms with Gasteiger partial charge in [0.15, 0.2) is 0 Å². The molecule has 0 aliphatic heterocycles. The van der Waals surface area contributed by atoms with E-state index in [0.29, 0.717) is 5.25 Å². The lowest BCUT2D eigenvalue weighted by Gasteiger charge is -2.08. The molecule has 2 nitrogen and oxygen atoms in total. The maximum atomic E-state index is 12.7. The van der Waals surface area contributed by atoms with Crippen LogP contribution in [-0.2, 0) is 12.6 Å². The highest BCUT2D eigenvalue weighted by atomic mass is 32.2. The molecule has 0 bridgehead atoms. The highest BCUT2D eigenvalue weighted by Gasteiger charge is 2.35. The van der Waals surface area contributed by atoms with Crippen LogP contribution in [0.3, 0.4) is 0 Å². The molecule has 1 heterocycles. The van der Waals surface area contributed by atoms with Gasteiger partial charge in [-0.05, 0) is 17.7 Å². The number of nitrogens with one attached hydrogen (secondary N) is 1. The Morgan fingerprint density at radius 1 is 1.25 bits per heavy atom. The van der Waals surface area contributed by atoms with Crippen molar-refractivity contribution in [2.24, 2.45) is 0 Å². The van der Waals surface area contributed by atoms with E-state index in [-0.39, 0.29) is 12.0 Å². The maximum Gasteiger partial charge on any atom is 0.433 e. The minimum Gasteiger partial charge on any atom is -0.273 e. The molecule has 0 spiro atoms. The zero-order valence-corrected chi connectivity index (χ0v) is 11.9. The molecular weight excluding hydrogens is 285 g/mol. The zero-order chi connectivity index (χ0) is 14.8. The van der Waals surface area contributed by atoms with E-state index in [1.54, 1.807) is 11.8 Å². The van der Waals surface area contributed by atoms with Crippen LogP contribution in [0.15, 0.2) is 29.2 Å². The molecule has 20 heavy (non-hydrogen) atoms. The normalized spacial score (nSPS) is 12.1. The van der Waals surface area contributed by atoms with Gasteiger partial charge in [-0.25, -0.2) is 0 Å². The van der Waals surface area contributed by atoms with Crippen molar-refractivity contribution in [2.45, 2.75) is 36.6 Å². The van der Waals surface area contributed by atoms with Crippen LogP contribution in [0.1, 0.15) is 30.7 Å². The fourth-order valence-corrected chi connectivity index (χ4v) is 2.64. The molecule has 0 aliphatic carbocycles. The molecule has 2 aromatic rings. The number of aromatic nitrogens is 2. The molecule has 0 aliphatic rings. The third kappa shape index (κ3) is 3.79. The van der Waals surface area contributed by atoms with Gasteiger partial charge in [-0.15, -0.1) is 11.8 Å². The lowest BCUT2D eigenvalue weighted by atomic mass is 10.1. The van der Waals surface area contributed by atoms with Crippen molar-refractivity contribution < 1.29 is 13.2 Å². The Hall–Kier alpha value is -1.43. The summed E-state index contributed by atoms with van der Waals surface area (Å²) in [5.74, 6) is 0. The maximum absolute atomic E-state index is 12.7. The number of H-pyrrole nitrogens is 1. The van der Waals surface area contributed by atoms with Gasteiger partial charge in [-0.3, -0.25) is 5.10 Å². The van der Waals surface area contributed by atoms with Crippen molar-refractivity contribution in [3.63, 3.8) is 0 Å². The van der Waals surface area contributed by atoms with Crippen molar-refractivity contribution in [3.8, 4) is 0 Å². The number of benzene rings is 1. The van der Waals surface area contributed by atoms with Gasteiger partial charge < -0.3 is 0 Å². The Balaban J connectivity index is 2.13. The van der Waals surface area contributed by atoms with E-state index in [2.05, 4.69) is 25.1 Å². The summed E-state index contributed by atoms with van der Waals surface area (Å²) >= 11 is 1.72. The first-order valence-electron chi connectivity index (χ1n) is 6.14. The van der Waals surface area contributed by atoms with E-state index in [1.165, 1.54) is 0 Å². The highest BCUT2D eigenvalue weighted by Crippen LogP contribution is 2.31. The second kappa shape index (κ2) is 5.91. The van der Waals surface area contributed by atoms with Crippen LogP contribution >= 0.6 is 11.8 Å². The van der Waals surface area contributed by atoms with Gasteiger partial charge in [0.05, 0.1) is 0 Å². The van der Waals surface area contributed by atoms with Crippen molar-refractivity contribution >= 4 is 11.8 Å². The number of rotatable bonds is 4. The fourth-order valence-electron chi connectivity index (χ4n) is 1.80. The molecule has 107 valence electrons. The molecule has 0 atom stereocenters. The Bertz CT molecular complexity index is 559. The van der Waals surface area contributed by atoms with Crippen molar-refractivity contribution in [1.82, 2.24) is 10.2 Å². The molecule has 0 saturated carbocycles. The van der Waals surface area contributed by atoms with Gasteiger partial charge in [0.1, 0.15) is 11.9 Å². The monoisotopic (exact) mass is 299 g/mol. The fraction of sp³-hybridized carbons (Fsp3) is 0.357. The van der Waals surface area contributed by atoms with E-state index < -0.39 is 11.9 Å². The molecule has 0 fully saturated rings. The molecule has 0 unspecified atom stereocenters. The number of thioether (sulfide) groups is 1. The van der Waals surface area contributed by atoms with Gasteiger partial charge in [-0.1, -0.05) is 26.0 Å². The minimum atomic E-state index is -4.42. The van der Waals surface area contributed by atoms with Crippen LogP contribution in [0.2, 0.25) is 0 Å². The molecule has 1 aromatic carbocycles. The first-order chi connectivity index (χ1) is 9.36. The number of hydrogen-bond acceptors (Lipinski definition) is 2.